The van der Waals surface area contributed by atoms with Gasteiger partial charge in [0.1, 0.15) is 11.6 Å². The predicted octanol–water partition coefficient (Wildman–Crippen LogP) is 1.90. The fraction of sp³-hybridized carbons (Fsp3) is 0.308. The summed E-state index contributed by atoms with van der Waals surface area (Å²) in [5.74, 6) is 1.49. The molecular weight excluding hydrogens is 228 g/mol. The van der Waals surface area contributed by atoms with Crippen LogP contribution in [0.4, 0.5) is 5.82 Å². The molecule has 94 valence electrons. The molecule has 0 amide bonds. The van der Waals surface area contributed by atoms with Gasteiger partial charge in [0.05, 0.1) is 0 Å². The number of hydrogen-bond acceptors (Lipinski definition) is 4. The van der Waals surface area contributed by atoms with E-state index < -0.39 is 0 Å². The van der Waals surface area contributed by atoms with Crippen molar-refractivity contribution in [1.29, 1.82) is 0 Å². The van der Waals surface area contributed by atoms with Crippen molar-refractivity contribution >= 4 is 5.82 Å². The molecule has 2 aromatic heterocycles. The number of anilines is 1. The van der Waals surface area contributed by atoms with Gasteiger partial charge < -0.3 is 10.3 Å². The minimum absolute atomic E-state index is 0.133. The normalized spacial score (nSPS) is 10.6. The van der Waals surface area contributed by atoms with Crippen molar-refractivity contribution in [2.75, 3.05) is 5.32 Å². The molecule has 2 heterocycles. The van der Waals surface area contributed by atoms with Gasteiger partial charge in [-0.1, -0.05) is 13.8 Å². The predicted molar refractivity (Wildman–Crippen MR) is 70.5 cm³/mol. The highest BCUT2D eigenvalue weighted by molar-refractivity contribution is 5.34. The third kappa shape index (κ3) is 3.16. The number of pyridine rings is 1. The van der Waals surface area contributed by atoms with Crippen LogP contribution in [0, 0.1) is 0 Å². The third-order valence-corrected chi connectivity index (χ3v) is 2.53. The van der Waals surface area contributed by atoms with Crippen molar-refractivity contribution < 1.29 is 0 Å². The van der Waals surface area contributed by atoms with Crippen molar-refractivity contribution in [2.45, 2.75) is 26.3 Å². The summed E-state index contributed by atoms with van der Waals surface area (Å²) < 4.78 is 0. The molecule has 5 nitrogen and oxygen atoms in total. The molecule has 0 saturated heterocycles. The molecule has 0 radical (unpaired) electrons. The van der Waals surface area contributed by atoms with Gasteiger partial charge in [-0.3, -0.25) is 9.78 Å². The molecular formula is C13H16N4O. The summed E-state index contributed by atoms with van der Waals surface area (Å²) in [7, 11) is 0. The number of rotatable bonds is 4. The van der Waals surface area contributed by atoms with Gasteiger partial charge in [-0.05, 0) is 17.7 Å². The number of nitrogens with zero attached hydrogens (tertiary/aromatic N) is 2. The van der Waals surface area contributed by atoms with E-state index in [-0.39, 0.29) is 11.5 Å². The Hall–Kier alpha value is -2.17. The number of nitrogens with one attached hydrogen (secondary N) is 2. The van der Waals surface area contributed by atoms with Gasteiger partial charge in [-0.25, -0.2) is 4.98 Å². The van der Waals surface area contributed by atoms with Crippen LogP contribution in [-0.2, 0) is 6.54 Å². The maximum atomic E-state index is 11.5. The van der Waals surface area contributed by atoms with Crippen LogP contribution in [0.5, 0.6) is 0 Å². The smallest absolute Gasteiger partial charge is 0.252 e. The molecule has 2 aromatic rings. The Morgan fingerprint density at radius 1 is 1.33 bits per heavy atom. The van der Waals surface area contributed by atoms with Crippen LogP contribution in [0.25, 0.3) is 0 Å². The van der Waals surface area contributed by atoms with Gasteiger partial charge in [-0.2, -0.15) is 0 Å². The zero-order valence-electron chi connectivity index (χ0n) is 10.5. The number of H-pyrrole nitrogens is 1. The summed E-state index contributed by atoms with van der Waals surface area (Å²) in [6, 6.07) is 5.31. The molecule has 0 aliphatic rings. The highest BCUT2D eigenvalue weighted by Gasteiger charge is 2.04. The maximum absolute atomic E-state index is 11.5. The molecule has 0 spiro atoms. The lowest BCUT2D eigenvalue weighted by atomic mass is 10.2. The minimum atomic E-state index is -0.133. The van der Waals surface area contributed by atoms with Crippen LogP contribution in [-0.4, -0.2) is 15.0 Å². The molecule has 2 N–H and O–H groups in total. The summed E-state index contributed by atoms with van der Waals surface area (Å²) in [5.41, 5.74) is 0.962. The summed E-state index contributed by atoms with van der Waals surface area (Å²) in [6.07, 6.45) is 3.48. The molecule has 0 fully saturated rings. The third-order valence-electron chi connectivity index (χ3n) is 2.53. The van der Waals surface area contributed by atoms with Crippen molar-refractivity contribution in [3.8, 4) is 0 Å². The molecule has 0 saturated carbocycles. The van der Waals surface area contributed by atoms with Crippen LogP contribution < -0.4 is 10.9 Å². The highest BCUT2D eigenvalue weighted by atomic mass is 16.1. The van der Waals surface area contributed by atoms with Gasteiger partial charge in [0, 0.05) is 30.9 Å². The van der Waals surface area contributed by atoms with E-state index in [1.165, 1.54) is 6.07 Å². The van der Waals surface area contributed by atoms with Gasteiger partial charge >= 0.3 is 0 Å². The molecule has 2 rings (SSSR count). The van der Waals surface area contributed by atoms with Crippen LogP contribution in [0.15, 0.2) is 35.4 Å². The lowest BCUT2D eigenvalue weighted by Crippen LogP contribution is -2.14. The van der Waals surface area contributed by atoms with E-state index >= 15 is 0 Å². The minimum Gasteiger partial charge on any atom is -0.366 e. The van der Waals surface area contributed by atoms with E-state index in [4.69, 9.17) is 0 Å². The van der Waals surface area contributed by atoms with Gasteiger partial charge in [0.25, 0.3) is 5.56 Å². The quantitative estimate of drug-likeness (QED) is 0.861. The summed E-state index contributed by atoms with van der Waals surface area (Å²) in [6.45, 7) is 4.60. The number of aromatic nitrogens is 3. The highest BCUT2D eigenvalue weighted by Crippen LogP contribution is 2.09. The fourth-order valence-electron chi connectivity index (χ4n) is 1.53. The topological polar surface area (TPSA) is 70.7 Å². The second-order valence-corrected chi connectivity index (χ2v) is 4.38. The first-order valence-electron chi connectivity index (χ1n) is 5.89. The lowest BCUT2D eigenvalue weighted by molar-refractivity contribution is 0.766. The first kappa shape index (κ1) is 12.3. The standard InChI is InChI=1S/C13H16N4O/c1-9(2)13-16-11(7-12(18)17-13)15-8-10-3-5-14-6-4-10/h3-7,9H,8H2,1-2H3,(H2,15,16,17,18). The zero-order valence-corrected chi connectivity index (χ0v) is 10.5. The molecule has 0 atom stereocenters. The largest absolute Gasteiger partial charge is 0.366 e. The van der Waals surface area contributed by atoms with Crippen molar-refractivity contribution in [2.24, 2.45) is 0 Å². The monoisotopic (exact) mass is 244 g/mol. The van der Waals surface area contributed by atoms with Crippen molar-refractivity contribution in [3.05, 3.63) is 52.3 Å². The van der Waals surface area contributed by atoms with Crippen LogP contribution >= 0.6 is 0 Å². The Balaban J connectivity index is 2.12. The first-order valence-corrected chi connectivity index (χ1v) is 5.89. The van der Waals surface area contributed by atoms with E-state index in [1.54, 1.807) is 12.4 Å². The van der Waals surface area contributed by atoms with E-state index in [9.17, 15) is 4.79 Å². The van der Waals surface area contributed by atoms with Crippen LogP contribution in [0.1, 0.15) is 31.2 Å². The van der Waals surface area contributed by atoms with E-state index in [0.717, 1.165) is 5.56 Å². The van der Waals surface area contributed by atoms with Crippen LogP contribution in [0.3, 0.4) is 0 Å². The van der Waals surface area contributed by atoms with Crippen molar-refractivity contribution in [3.63, 3.8) is 0 Å². The van der Waals surface area contributed by atoms with E-state index in [1.807, 2.05) is 26.0 Å². The second kappa shape index (κ2) is 5.44. The SMILES string of the molecule is CC(C)c1nc(NCc2ccncc2)cc(=O)[nH]1. The second-order valence-electron chi connectivity index (χ2n) is 4.38. The summed E-state index contributed by atoms with van der Waals surface area (Å²) in [4.78, 5) is 22.5. The Bertz CT molecular complexity index is 563. The lowest BCUT2D eigenvalue weighted by Gasteiger charge is -2.08. The molecule has 0 aliphatic heterocycles. The average molecular weight is 244 g/mol. The summed E-state index contributed by atoms with van der Waals surface area (Å²) in [5, 5.41) is 3.14. The molecule has 0 bridgehead atoms. The van der Waals surface area contributed by atoms with Gasteiger partial charge in [0.2, 0.25) is 0 Å². The van der Waals surface area contributed by atoms with E-state index in [2.05, 4.69) is 20.3 Å². The summed E-state index contributed by atoms with van der Waals surface area (Å²) >= 11 is 0. The maximum Gasteiger partial charge on any atom is 0.252 e. The zero-order chi connectivity index (χ0) is 13.0. The first-order chi connectivity index (χ1) is 8.65. The molecule has 0 aliphatic carbocycles. The number of hydrogen-bond donors (Lipinski definition) is 2. The van der Waals surface area contributed by atoms with Crippen molar-refractivity contribution in [1.82, 2.24) is 15.0 Å². The fourth-order valence-corrected chi connectivity index (χ4v) is 1.53. The van der Waals surface area contributed by atoms with Gasteiger partial charge in [-0.15, -0.1) is 0 Å². The molecule has 0 unspecified atom stereocenters. The molecule has 0 aromatic carbocycles. The van der Waals surface area contributed by atoms with E-state index in [0.29, 0.717) is 18.2 Å². The number of aromatic amines is 1. The Kier molecular flexibility index (Phi) is 3.72. The molecule has 18 heavy (non-hydrogen) atoms. The molecule has 5 heteroatoms. The Morgan fingerprint density at radius 3 is 2.72 bits per heavy atom. The Labute approximate surface area is 105 Å². The van der Waals surface area contributed by atoms with Crippen LogP contribution in [0.2, 0.25) is 0 Å². The average Bonchev–Trinajstić information content (AvgIpc) is 2.37. The van der Waals surface area contributed by atoms with Gasteiger partial charge in [0.15, 0.2) is 0 Å². The Morgan fingerprint density at radius 2 is 2.06 bits per heavy atom.